The first kappa shape index (κ1) is 16.2. The van der Waals surface area contributed by atoms with Crippen LogP contribution in [0.1, 0.15) is 10.6 Å². The predicted molar refractivity (Wildman–Crippen MR) is 98.1 cm³/mol. The van der Waals surface area contributed by atoms with Gasteiger partial charge in [-0.2, -0.15) is 0 Å². The third-order valence-corrected chi connectivity index (χ3v) is 4.62. The Labute approximate surface area is 145 Å². The summed E-state index contributed by atoms with van der Waals surface area (Å²) in [5, 5.41) is 0.932. The number of carbonyl (C=O) groups excluding carboxylic acids is 1. The molecule has 0 bridgehead atoms. The van der Waals surface area contributed by atoms with Gasteiger partial charge in [-0.1, -0.05) is 24.3 Å². The van der Waals surface area contributed by atoms with Gasteiger partial charge in [0.2, 0.25) is 5.91 Å². The minimum Gasteiger partial charge on any atom is -0.497 e. The van der Waals surface area contributed by atoms with E-state index in [-0.39, 0.29) is 5.91 Å². The molecule has 24 heavy (non-hydrogen) atoms. The number of carbonyl (C=O) groups is 1. The van der Waals surface area contributed by atoms with Gasteiger partial charge < -0.3 is 9.64 Å². The maximum atomic E-state index is 12.3. The average Bonchev–Trinajstić information content (AvgIpc) is 3.02. The maximum absolute atomic E-state index is 12.3. The zero-order chi connectivity index (χ0) is 16.9. The van der Waals surface area contributed by atoms with Crippen LogP contribution in [0.15, 0.2) is 54.6 Å². The van der Waals surface area contributed by atoms with E-state index in [2.05, 4.69) is 4.98 Å². The van der Waals surface area contributed by atoms with Gasteiger partial charge in [0.15, 0.2) is 0 Å². The number of methoxy groups -OCH3 is 1. The van der Waals surface area contributed by atoms with E-state index in [1.165, 1.54) is 0 Å². The van der Waals surface area contributed by atoms with Crippen molar-refractivity contribution in [2.75, 3.05) is 14.2 Å². The molecule has 0 aliphatic heterocycles. The van der Waals surface area contributed by atoms with Gasteiger partial charge in [-0.05, 0) is 35.9 Å². The van der Waals surface area contributed by atoms with Crippen LogP contribution in [0.5, 0.6) is 5.75 Å². The van der Waals surface area contributed by atoms with Gasteiger partial charge >= 0.3 is 0 Å². The van der Waals surface area contributed by atoms with Crippen LogP contribution in [0.2, 0.25) is 0 Å². The second-order valence-corrected chi connectivity index (χ2v) is 6.49. The van der Waals surface area contributed by atoms with Crippen LogP contribution in [-0.4, -0.2) is 29.9 Å². The van der Waals surface area contributed by atoms with Crippen LogP contribution in [0.4, 0.5) is 0 Å². The lowest BCUT2D eigenvalue weighted by molar-refractivity contribution is -0.125. The second-order valence-electron chi connectivity index (χ2n) is 5.38. The molecule has 3 aromatic rings. The van der Waals surface area contributed by atoms with Crippen LogP contribution >= 0.6 is 11.3 Å². The first-order valence-electron chi connectivity index (χ1n) is 7.57. The number of para-hydroxylation sites is 1. The van der Waals surface area contributed by atoms with E-state index in [4.69, 9.17) is 4.74 Å². The molecule has 0 unspecified atom stereocenters. The van der Waals surface area contributed by atoms with Crippen LogP contribution < -0.4 is 4.74 Å². The van der Waals surface area contributed by atoms with Gasteiger partial charge in [0.05, 0.1) is 23.9 Å². The fraction of sp³-hybridized carbons (Fsp3) is 0.158. The summed E-state index contributed by atoms with van der Waals surface area (Å²) in [7, 11) is 3.41. The van der Waals surface area contributed by atoms with Crippen molar-refractivity contribution in [3.63, 3.8) is 0 Å². The Morgan fingerprint density at radius 2 is 2.08 bits per heavy atom. The third kappa shape index (κ3) is 3.81. The quantitative estimate of drug-likeness (QED) is 0.661. The highest BCUT2D eigenvalue weighted by Gasteiger charge is 2.09. The largest absolute Gasteiger partial charge is 0.497 e. The number of rotatable bonds is 5. The molecule has 0 radical (unpaired) electrons. The molecule has 0 spiro atoms. The smallest absolute Gasteiger partial charge is 0.246 e. The molecule has 0 atom stereocenters. The summed E-state index contributed by atoms with van der Waals surface area (Å²) in [5.74, 6) is 0.713. The summed E-state index contributed by atoms with van der Waals surface area (Å²) in [6.07, 6.45) is 3.36. The van der Waals surface area contributed by atoms with Crippen molar-refractivity contribution in [2.24, 2.45) is 0 Å². The number of fused-ring (bicyclic) bond motifs is 1. The number of benzene rings is 2. The van der Waals surface area contributed by atoms with Crippen molar-refractivity contribution >= 4 is 33.5 Å². The molecule has 1 amide bonds. The second kappa shape index (κ2) is 7.27. The lowest BCUT2D eigenvalue weighted by Gasteiger charge is -2.12. The van der Waals surface area contributed by atoms with Crippen molar-refractivity contribution in [3.05, 3.63) is 65.2 Å². The molecule has 4 nitrogen and oxygen atoms in total. The Balaban J connectivity index is 1.66. The molecule has 2 aromatic carbocycles. The zero-order valence-corrected chi connectivity index (χ0v) is 14.4. The number of aromatic nitrogens is 1. The fourth-order valence-corrected chi connectivity index (χ4v) is 3.33. The van der Waals surface area contributed by atoms with E-state index in [1.54, 1.807) is 42.5 Å². The van der Waals surface area contributed by atoms with Crippen LogP contribution in [0.3, 0.4) is 0 Å². The van der Waals surface area contributed by atoms with Crippen molar-refractivity contribution in [3.8, 4) is 5.75 Å². The number of thiazole rings is 1. The normalized spacial score (nSPS) is 11.1. The number of hydrogen-bond donors (Lipinski definition) is 0. The summed E-state index contributed by atoms with van der Waals surface area (Å²) in [4.78, 5) is 18.5. The van der Waals surface area contributed by atoms with Crippen molar-refractivity contribution in [1.82, 2.24) is 9.88 Å². The molecule has 122 valence electrons. The van der Waals surface area contributed by atoms with Gasteiger partial charge in [0.1, 0.15) is 10.8 Å². The number of amides is 1. The summed E-state index contributed by atoms with van der Waals surface area (Å²) in [6, 6.07) is 15.6. The summed E-state index contributed by atoms with van der Waals surface area (Å²) >= 11 is 1.62. The average molecular weight is 338 g/mol. The highest BCUT2D eigenvalue weighted by Crippen LogP contribution is 2.22. The van der Waals surface area contributed by atoms with Gasteiger partial charge in [-0.15, -0.1) is 11.3 Å². The highest BCUT2D eigenvalue weighted by atomic mass is 32.1. The Morgan fingerprint density at radius 1 is 1.25 bits per heavy atom. The molecule has 0 fully saturated rings. The standard InChI is InChI=1S/C19H18N2O2S/c1-21(13-18-20-16-8-3-4-9-17(16)24-18)19(22)11-10-14-6-5-7-15(12-14)23-2/h3-12H,13H2,1-2H3. The summed E-state index contributed by atoms with van der Waals surface area (Å²) in [6.45, 7) is 0.501. The van der Waals surface area contributed by atoms with Crippen LogP contribution in [0.25, 0.3) is 16.3 Å². The molecule has 1 heterocycles. The first-order valence-corrected chi connectivity index (χ1v) is 8.39. The summed E-state index contributed by atoms with van der Waals surface area (Å²) in [5.41, 5.74) is 1.90. The van der Waals surface area contributed by atoms with Gasteiger partial charge in [0.25, 0.3) is 0 Å². The monoisotopic (exact) mass is 338 g/mol. The Hall–Kier alpha value is -2.66. The van der Waals surface area contributed by atoms with Gasteiger partial charge in [-0.3, -0.25) is 4.79 Å². The molecular formula is C19H18N2O2S. The first-order chi connectivity index (χ1) is 11.7. The summed E-state index contributed by atoms with van der Waals surface area (Å²) < 4.78 is 6.32. The van der Waals surface area contributed by atoms with Gasteiger partial charge in [-0.25, -0.2) is 4.98 Å². The Morgan fingerprint density at radius 3 is 2.88 bits per heavy atom. The Kier molecular flexibility index (Phi) is 4.91. The SMILES string of the molecule is COc1cccc(C=CC(=O)N(C)Cc2nc3ccccc3s2)c1. The molecule has 3 rings (SSSR count). The molecule has 0 saturated heterocycles. The van der Waals surface area contributed by atoms with Crippen molar-refractivity contribution < 1.29 is 9.53 Å². The number of ether oxygens (including phenoxy) is 1. The number of nitrogens with zero attached hydrogens (tertiary/aromatic N) is 2. The van der Waals surface area contributed by atoms with Crippen LogP contribution in [0, 0.1) is 0 Å². The molecule has 0 aliphatic rings. The number of hydrogen-bond acceptors (Lipinski definition) is 4. The minimum absolute atomic E-state index is 0.0583. The molecular weight excluding hydrogens is 320 g/mol. The minimum atomic E-state index is -0.0583. The molecule has 0 aliphatic carbocycles. The lowest BCUT2D eigenvalue weighted by atomic mass is 10.2. The van der Waals surface area contributed by atoms with Crippen molar-refractivity contribution in [2.45, 2.75) is 6.54 Å². The molecule has 0 saturated carbocycles. The molecule has 5 heteroatoms. The number of likely N-dealkylation sites (N-methyl/N-ethyl adjacent to an activating group) is 1. The van der Waals surface area contributed by atoms with E-state index in [1.807, 2.05) is 48.5 Å². The fourth-order valence-electron chi connectivity index (χ4n) is 2.31. The third-order valence-electron chi connectivity index (χ3n) is 3.60. The zero-order valence-electron chi connectivity index (χ0n) is 13.6. The van der Waals surface area contributed by atoms with E-state index in [0.29, 0.717) is 6.54 Å². The highest BCUT2D eigenvalue weighted by molar-refractivity contribution is 7.18. The van der Waals surface area contributed by atoms with Gasteiger partial charge in [0, 0.05) is 13.1 Å². The van der Waals surface area contributed by atoms with E-state index >= 15 is 0 Å². The van der Waals surface area contributed by atoms with E-state index < -0.39 is 0 Å². The van der Waals surface area contributed by atoms with E-state index in [0.717, 1.165) is 26.5 Å². The van der Waals surface area contributed by atoms with Crippen LogP contribution in [-0.2, 0) is 11.3 Å². The van der Waals surface area contributed by atoms with Crippen molar-refractivity contribution in [1.29, 1.82) is 0 Å². The Bertz CT molecular complexity index is 853. The molecule has 0 N–H and O–H groups in total. The lowest BCUT2D eigenvalue weighted by Crippen LogP contribution is -2.23. The predicted octanol–water partition coefficient (Wildman–Crippen LogP) is 3.98. The van der Waals surface area contributed by atoms with E-state index in [9.17, 15) is 4.79 Å². The maximum Gasteiger partial charge on any atom is 0.246 e. The molecule has 1 aromatic heterocycles. The topological polar surface area (TPSA) is 42.4 Å².